The molecule has 0 bridgehead atoms. The minimum atomic E-state index is 0. The first-order chi connectivity index (χ1) is 8.70. The van der Waals surface area contributed by atoms with Gasteiger partial charge in [-0.15, -0.1) is 12.4 Å². The maximum atomic E-state index is 5.99. The van der Waals surface area contributed by atoms with E-state index in [0.717, 1.165) is 42.4 Å². The van der Waals surface area contributed by atoms with E-state index in [2.05, 4.69) is 9.88 Å². The van der Waals surface area contributed by atoms with Crippen LogP contribution < -0.4 is 5.73 Å². The Morgan fingerprint density at radius 2 is 2.21 bits per heavy atom. The van der Waals surface area contributed by atoms with Crippen LogP contribution in [0.3, 0.4) is 0 Å². The highest BCUT2D eigenvalue weighted by molar-refractivity contribution is 6.30. The lowest BCUT2D eigenvalue weighted by Gasteiger charge is -2.29. The van der Waals surface area contributed by atoms with Gasteiger partial charge in [0.25, 0.3) is 0 Å². The fourth-order valence-electron chi connectivity index (χ4n) is 2.56. The average molecular weight is 301 g/mol. The van der Waals surface area contributed by atoms with Crippen molar-refractivity contribution in [1.82, 2.24) is 14.3 Å². The molecule has 0 aliphatic carbocycles. The van der Waals surface area contributed by atoms with Gasteiger partial charge in [0, 0.05) is 31.5 Å². The third kappa shape index (κ3) is 3.39. The minimum absolute atomic E-state index is 0. The Kier molecular flexibility index (Phi) is 4.68. The third-order valence-corrected chi connectivity index (χ3v) is 3.62. The van der Waals surface area contributed by atoms with Crippen LogP contribution in [0.15, 0.2) is 24.5 Å². The fourth-order valence-corrected chi connectivity index (χ4v) is 2.73. The SMILES string of the molecule is Cl.NC1CCCN(Cc2cn3cc(Cl)ccc3n2)C1. The number of rotatable bonds is 2. The number of pyridine rings is 1. The van der Waals surface area contributed by atoms with Gasteiger partial charge in [-0.2, -0.15) is 0 Å². The van der Waals surface area contributed by atoms with Crippen LogP contribution >= 0.6 is 24.0 Å². The Balaban J connectivity index is 0.00000133. The van der Waals surface area contributed by atoms with Crippen molar-refractivity contribution >= 4 is 29.7 Å². The Hall–Kier alpha value is -0.810. The van der Waals surface area contributed by atoms with Crippen LogP contribution in [0.1, 0.15) is 18.5 Å². The van der Waals surface area contributed by atoms with Crippen LogP contribution in [0.5, 0.6) is 0 Å². The zero-order valence-corrected chi connectivity index (χ0v) is 12.2. The molecule has 0 spiro atoms. The Bertz CT molecular complexity index is 555. The molecule has 2 aromatic heterocycles. The van der Waals surface area contributed by atoms with Crippen molar-refractivity contribution in [2.45, 2.75) is 25.4 Å². The molecule has 19 heavy (non-hydrogen) atoms. The smallest absolute Gasteiger partial charge is 0.137 e. The second kappa shape index (κ2) is 6.09. The predicted octanol–water partition coefficient (Wildman–Crippen LogP) is 2.33. The van der Waals surface area contributed by atoms with Crippen LogP contribution in [0.4, 0.5) is 0 Å². The summed E-state index contributed by atoms with van der Waals surface area (Å²) in [7, 11) is 0. The molecule has 1 saturated heterocycles. The van der Waals surface area contributed by atoms with Crippen LogP contribution in [0, 0.1) is 0 Å². The van der Waals surface area contributed by atoms with Crippen LogP contribution in [-0.4, -0.2) is 33.4 Å². The number of nitrogens with two attached hydrogens (primary N) is 1. The van der Waals surface area contributed by atoms with Gasteiger partial charge < -0.3 is 10.1 Å². The molecule has 4 nitrogen and oxygen atoms in total. The van der Waals surface area contributed by atoms with E-state index >= 15 is 0 Å². The topological polar surface area (TPSA) is 46.6 Å². The first kappa shape index (κ1) is 14.6. The summed E-state index contributed by atoms with van der Waals surface area (Å²) in [6.07, 6.45) is 6.24. The van der Waals surface area contributed by atoms with Gasteiger partial charge >= 0.3 is 0 Å². The van der Waals surface area contributed by atoms with Gasteiger partial charge in [-0.05, 0) is 31.5 Å². The van der Waals surface area contributed by atoms with Crippen molar-refractivity contribution in [2.75, 3.05) is 13.1 Å². The molecular weight excluding hydrogens is 283 g/mol. The van der Waals surface area contributed by atoms with E-state index in [1.165, 1.54) is 6.42 Å². The zero-order valence-electron chi connectivity index (χ0n) is 10.6. The third-order valence-electron chi connectivity index (χ3n) is 3.39. The molecule has 0 amide bonds. The quantitative estimate of drug-likeness (QED) is 0.926. The van der Waals surface area contributed by atoms with E-state index in [4.69, 9.17) is 17.3 Å². The molecule has 0 radical (unpaired) electrons. The van der Waals surface area contributed by atoms with E-state index in [0.29, 0.717) is 6.04 Å². The van der Waals surface area contributed by atoms with E-state index in [1.54, 1.807) is 0 Å². The van der Waals surface area contributed by atoms with Crippen molar-refractivity contribution in [3.63, 3.8) is 0 Å². The molecule has 1 unspecified atom stereocenters. The number of piperidine rings is 1. The molecule has 1 aliphatic heterocycles. The van der Waals surface area contributed by atoms with Gasteiger partial charge in [-0.3, -0.25) is 4.90 Å². The van der Waals surface area contributed by atoms with Crippen LogP contribution in [-0.2, 0) is 6.54 Å². The highest BCUT2D eigenvalue weighted by Gasteiger charge is 2.17. The van der Waals surface area contributed by atoms with Crippen LogP contribution in [0.25, 0.3) is 5.65 Å². The van der Waals surface area contributed by atoms with Crippen molar-refractivity contribution in [1.29, 1.82) is 0 Å². The predicted molar refractivity (Wildman–Crippen MR) is 79.9 cm³/mol. The van der Waals surface area contributed by atoms with Crippen molar-refractivity contribution in [3.05, 3.63) is 35.2 Å². The lowest BCUT2D eigenvalue weighted by Crippen LogP contribution is -2.42. The molecular formula is C13H18Cl2N4. The summed E-state index contributed by atoms with van der Waals surface area (Å²) in [4.78, 5) is 6.97. The normalized spacial score (nSPS) is 20.4. The monoisotopic (exact) mass is 300 g/mol. The second-order valence-electron chi connectivity index (χ2n) is 4.98. The average Bonchev–Trinajstić information content (AvgIpc) is 2.70. The number of imidazole rings is 1. The molecule has 3 rings (SSSR count). The summed E-state index contributed by atoms with van der Waals surface area (Å²) < 4.78 is 1.97. The first-order valence-corrected chi connectivity index (χ1v) is 6.69. The van der Waals surface area contributed by atoms with Gasteiger partial charge in [-0.25, -0.2) is 4.98 Å². The van der Waals surface area contributed by atoms with E-state index < -0.39 is 0 Å². The molecule has 104 valence electrons. The van der Waals surface area contributed by atoms with E-state index in [-0.39, 0.29) is 12.4 Å². The molecule has 1 atom stereocenters. The Labute approximate surface area is 124 Å². The summed E-state index contributed by atoms with van der Waals surface area (Å²) in [5, 5.41) is 0.728. The number of likely N-dealkylation sites (tertiary alicyclic amines) is 1. The zero-order chi connectivity index (χ0) is 12.5. The highest BCUT2D eigenvalue weighted by Crippen LogP contribution is 2.15. The van der Waals surface area contributed by atoms with Gasteiger partial charge in [0.05, 0.1) is 10.7 Å². The largest absolute Gasteiger partial charge is 0.327 e. The lowest BCUT2D eigenvalue weighted by molar-refractivity contribution is 0.200. The molecule has 6 heteroatoms. The summed E-state index contributed by atoms with van der Waals surface area (Å²) in [5.74, 6) is 0. The minimum Gasteiger partial charge on any atom is -0.327 e. The van der Waals surface area contributed by atoms with Gasteiger partial charge in [-0.1, -0.05) is 11.6 Å². The molecule has 0 aromatic carbocycles. The van der Waals surface area contributed by atoms with Gasteiger partial charge in [0.15, 0.2) is 0 Å². The van der Waals surface area contributed by atoms with Gasteiger partial charge in [0.2, 0.25) is 0 Å². The first-order valence-electron chi connectivity index (χ1n) is 6.32. The van der Waals surface area contributed by atoms with Crippen molar-refractivity contribution in [2.24, 2.45) is 5.73 Å². The summed E-state index contributed by atoms with van der Waals surface area (Å²) >= 11 is 5.96. The van der Waals surface area contributed by atoms with E-state index in [1.807, 2.05) is 28.9 Å². The fraction of sp³-hybridized carbons (Fsp3) is 0.462. The lowest BCUT2D eigenvalue weighted by atomic mass is 10.1. The van der Waals surface area contributed by atoms with Crippen molar-refractivity contribution in [3.8, 4) is 0 Å². The molecule has 3 heterocycles. The number of aromatic nitrogens is 2. The summed E-state index contributed by atoms with van der Waals surface area (Å²) in [6, 6.07) is 4.11. The number of nitrogens with zero attached hydrogens (tertiary/aromatic N) is 3. The molecule has 1 aliphatic rings. The number of hydrogen-bond donors (Lipinski definition) is 1. The number of halogens is 2. The van der Waals surface area contributed by atoms with Crippen LogP contribution in [0.2, 0.25) is 5.02 Å². The summed E-state index contributed by atoms with van der Waals surface area (Å²) in [5.41, 5.74) is 8.00. The number of hydrogen-bond acceptors (Lipinski definition) is 3. The Morgan fingerprint density at radius 3 is 3.00 bits per heavy atom. The Morgan fingerprint density at radius 1 is 1.37 bits per heavy atom. The summed E-state index contributed by atoms with van der Waals surface area (Å²) in [6.45, 7) is 2.95. The maximum Gasteiger partial charge on any atom is 0.137 e. The highest BCUT2D eigenvalue weighted by atomic mass is 35.5. The molecule has 0 saturated carbocycles. The standard InChI is InChI=1S/C13H17ClN4.ClH/c14-10-3-4-13-16-12(9-18(13)6-10)8-17-5-1-2-11(15)7-17;/h3-4,6,9,11H,1-2,5,7-8,15H2;1H. The molecule has 1 fully saturated rings. The van der Waals surface area contributed by atoms with Gasteiger partial charge in [0.1, 0.15) is 5.65 Å². The van der Waals surface area contributed by atoms with E-state index in [9.17, 15) is 0 Å². The molecule has 2 aromatic rings. The molecule has 2 N–H and O–H groups in total. The second-order valence-corrected chi connectivity index (χ2v) is 5.42. The maximum absolute atomic E-state index is 5.99. The number of fused-ring (bicyclic) bond motifs is 1. The van der Waals surface area contributed by atoms with Crippen molar-refractivity contribution < 1.29 is 0 Å².